The number of aromatic nitrogens is 1. The number of hydrogen-bond donors (Lipinski definition) is 1. The molecular formula is C13H19N3OS. The first-order valence-electron chi connectivity index (χ1n) is 6.23. The molecule has 1 aliphatic rings. The molecule has 1 unspecified atom stereocenters. The molecule has 0 amide bonds. The van der Waals surface area contributed by atoms with Gasteiger partial charge in [-0.3, -0.25) is 4.90 Å². The third-order valence-electron chi connectivity index (χ3n) is 3.36. The van der Waals surface area contributed by atoms with Crippen molar-refractivity contribution in [1.29, 1.82) is 0 Å². The fraction of sp³-hybridized carbons (Fsp3) is 0.538. The number of nitrogens with zero attached hydrogens (tertiary/aromatic N) is 2. The van der Waals surface area contributed by atoms with E-state index in [1.807, 2.05) is 12.1 Å². The molecule has 1 aliphatic heterocycles. The van der Waals surface area contributed by atoms with Crippen molar-refractivity contribution in [3.8, 4) is 5.88 Å². The van der Waals surface area contributed by atoms with Gasteiger partial charge in [0.1, 0.15) is 0 Å². The van der Waals surface area contributed by atoms with Gasteiger partial charge in [0.05, 0.1) is 18.1 Å². The minimum atomic E-state index is 0.207. The molecule has 4 nitrogen and oxygen atoms in total. The average Bonchev–Trinajstić information content (AvgIpc) is 2.40. The second-order valence-electron chi connectivity index (χ2n) is 4.56. The van der Waals surface area contributed by atoms with Crippen molar-refractivity contribution >= 4 is 17.2 Å². The van der Waals surface area contributed by atoms with Crippen LogP contribution in [0.4, 0.5) is 0 Å². The van der Waals surface area contributed by atoms with E-state index in [-0.39, 0.29) is 6.04 Å². The van der Waals surface area contributed by atoms with Crippen LogP contribution in [0.3, 0.4) is 0 Å². The minimum absolute atomic E-state index is 0.207. The van der Waals surface area contributed by atoms with E-state index in [1.165, 1.54) is 12.8 Å². The molecule has 0 aliphatic carbocycles. The van der Waals surface area contributed by atoms with Gasteiger partial charge < -0.3 is 10.5 Å². The number of thiocarbonyl (C=S) groups is 1. The summed E-state index contributed by atoms with van der Waals surface area (Å²) in [4.78, 5) is 7.14. The Balaban J connectivity index is 2.13. The molecule has 18 heavy (non-hydrogen) atoms. The maximum atomic E-state index is 5.82. The van der Waals surface area contributed by atoms with Crippen LogP contribution >= 0.6 is 12.2 Å². The van der Waals surface area contributed by atoms with E-state index in [1.54, 1.807) is 13.3 Å². The third-order valence-corrected chi connectivity index (χ3v) is 3.63. The van der Waals surface area contributed by atoms with E-state index in [4.69, 9.17) is 22.7 Å². The molecule has 1 atom stereocenters. The maximum absolute atomic E-state index is 5.82. The lowest BCUT2D eigenvalue weighted by Gasteiger charge is -2.35. The Kier molecular flexibility index (Phi) is 4.49. The van der Waals surface area contributed by atoms with Crippen molar-refractivity contribution in [3.63, 3.8) is 0 Å². The van der Waals surface area contributed by atoms with E-state index in [0.29, 0.717) is 10.9 Å². The number of methoxy groups -OCH3 is 1. The van der Waals surface area contributed by atoms with Crippen LogP contribution in [0.15, 0.2) is 18.3 Å². The Morgan fingerprint density at radius 2 is 2.44 bits per heavy atom. The van der Waals surface area contributed by atoms with Gasteiger partial charge in [0.15, 0.2) is 0 Å². The largest absolute Gasteiger partial charge is 0.481 e. The lowest BCUT2D eigenvalue weighted by atomic mass is 10.0. The normalized spacial score (nSPS) is 20.6. The molecule has 2 heterocycles. The number of rotatable bonds is 4. The highest BCUT2D eigenvalue weighted by molar-refractivity contribution is 7.80. The molecule has 1 saturated heterocycles. The fourth-order valence-corrected chi connectivity index (χ4v) is 2.72. The summed E-state index contributed by atoms with van der Waals surface area (Å²) in [6.45, 7) is 1.82. The third kappa shape index (κ3) is 2.97. The maximum Gasteiger partial charge on any atom is 0.217 e. The standard InChI is InChI=1S/C13H19N3OS/c1-17-13-10(5-4-7-15-13)9-16-8-3-2-6-11(16)12(14)18/h4-5,7,11H,2-3,6,8-9H2,1H3,(H2,14,18). The quantitative estimate of drug-likeness (QED) is 0.840. The van der Waals surface area contributed by atoms with Crippen LogP contribution in [0.1, 0.15) is 24.8 Å². The molecule has 0 bridgehead atoms. The zero-order valence-corrected chi connectivity index (χ0v) is 11.4. The van der Waals surface area contributed by atoms with Crippen LogP contribution in [0.25, 0.3) is 0 Å². The number of ether oxygens (including phenoxy) is 1. The summed E-state index contributed by atoms with van der Waals surface area (Å²) in [6.07, 6.45) is 5.19. The summed E-state index contributed by atoms with van der Waals surface area (Å²) in [6, 6.07) is 4.17. The molecule has 1 aromatic rings. The van der Waals surface area contributed by atoms with Crippen LogP contribution in [0, 0.1) is 0 Å². The first-order valence-corrected chi connectivity index (χ1v) is 6.64. The minimum Gasteiger partial charge on any atom is -0.481 e. The van der Waals surface area contributed by atoms with Crippen molar-refractivity contribution in [1.82, 2.24) is 9.88 Å². The van der Waals surface area contributed by atoms with Crippen molar-refractivity contribution in [2.45, 2.75) is 31.8 Å². The van der Waals surface area contributed by atoms with E-state index < -0.39 is 0 Å². The summed E-state index contributed by atoms with van der Waals surface area (Å²) >= 11 is 5.16. The molecule has 5 heteroatoms. The topological polar surface area (TPSA) is 51.4 Å². The van der Waals surface area contributed by atoms with Gasteiger partial charge in [0.2, 0.25) is 5.88 Å². The summed E-state index contributed by atoms with van der Waals surface area (Å²) in [5, 5.41) is 0. The molecule has 0 spiro atoms. The highest BCUT2D eigenvalue weighted by Crippen LogP contribution is 2.23. The molecule has 1 aromatic heterocycles. The number of likely N-dealkylation sites (tertiary alicyclic amines) is 1. The summed E-state index contributed by atoms with van der Waals surface area (Å²) in [7, 11) is 1.65. The predicted octanol–water partition coefficient (Wildman–Crippen LogP) is 1.73. The molecule has 1 fully saturated rings. The van der Waals surface area contributed by atoms with Gasteiger partial charge in [-0.1, -0.05) is 24.7 Å². The van der Waals surface area contributed by atoms with Gasteiger partial charge in [-0.2, -0.15) is 0 Å². The van der Waals surface area contributed by atoms with Gasteiger partial charge >= 0.3 is 0 Å². The Hall–Kier alpha value is -1.20. The highest BCUT2D eigenvalue weighted by atomic mass is 32.1. The molecule has 2 rings (SSSR count). The molecule has 2 N–H and O–H groups in total. The van der Waals surface area contributed by atoms with Crippen LogP contribution < -0.4 is 10.5 Å². The number of pyridine rings is 1. The lowest BCUT2D eigenvalue weighted by Crippen LogP contribution is -2.46. The molecule has 0 radical (unpaired) electrons. The van der Waals surface area contributed by atoms with Gasteiger partial charge in [0.25, 0.3) is 0 Å². The van der Waals surface area contributed by atoms with Gasteiger partial charge in [0, 0.05) is 18.3 Å². The predicted molar refractivity (Wildman–Crippen MR) is 75.6 cm³/mol. The fourth-order valence-electron chi connectivity index (χ4n) is 2.45. The number of piperidine rings is 1. The first-order chi connectivity index (χ1) is 8.72. The molecular weight excluding hydrogens is 246 g/mol. The van der Waals surface area contributed by atoms with Crippen molar-refractivity contribution < 1.29 is 4.74 Å². The monoisotopic (exact) mass is 265 g/mol. The van der Waals surface area contributed by atoms with Gasteiger partial charge in [-0.25, -0.2) is 4.98 Å². The molecule has 0 aromatic carbocycles. The van der Waals surface area contributed by atoms with E-state index in [0.717, 1.165) is 25.1 Å². The Morgan fingerprint density at radius 3 is 3.17 bits per heavy atom. The van der Waals surface area contributed by atoms with Gasteiger partial charge in [-0.05, 0) is 25.5 Å². The first kappa shape index (κ1) is 13.2. The van der Waals surface area contributed by atoms with Crippen molar-refractivity contribution in [3.05, 3.63) is 23.9 Å². The number of nitrogens with two attached hydrogens (primary N) is 1. The van der Waals surface area contributed by atoms with Gasteiger partial charge in [-0.15, -0.1) is 0 Å². The number of hydrogen-bond acceptors (Lipinski definition) is 4. The Labute approximate surface area is 113 Å². The smallest absolute Gasteiger partial charge is 0.217 e. The van der Waals surface area contributed by atoms with E-state index in [2.05, 4.69) is 9.88 Å². The van der Waals surface area contributed by atoms with Crippen molar-refractivity contribution in [2.24, 2.45) is 5.73 Å². The Morgan fingerprint density at radius 1 is 1.61 bits per heavy atom. The van der Waals surface area contributed by atoms with Crippen molar-refractivity contribution in [2.75, 3.05) is 13.7 Å². The zero-order valence-electron chi connectivity index (χ0n) is 10.6. The van der Waals surface area contributed by atoms with Crippen LogP contribution in [0.2, 0.25) is 0 Å². The summed E-state index contributed by atoms with van der Waals surface area (Å²) < 4.78 is 5.28. The lowest BCUT2D eigenvalue weighted by molar-refractivity contribution is 0.182. The van der Waals surface area contributed by atoms with Crippen LogP contribution in [0.5, 0.6) is 5.88 Å². The second kappa shape index (κ2) is 6.11. The van der Waals surface area contributed by atoms with E-state index in [9.17, 15) is 0 Å². The zero-order chi connectivity index (χ0) is 13.0. The Bertz CT molecular complexity index is 424. The van der Waals surface area contributed by atoms with E-state index >= 15 is 0 Å². The molecule has 0 saturated carbocycles. The average molecular weight is 265 g/mol. The molecule has 98 valence electrons. The SMILES string of the molecule is COc1ncccc1CN1CCCCC1C(N)=S. The van der Waals surface area contributed by atoms with Crippen LogP contribution in [-0.4, -0.2) is 34.6 Å². The highest BCUT2D eigenvalue weighted by Gasteiger charge is 2.25. The van der Waals surface area contributed by atoms with Crippen LogP contribution in [-0.2, 0) is 6.54 Å². The summed E-state index contributed by atoms with van der Waals surface area (Å²) in [5.41, 5.74) is 6.91. The summed E-state index contributed by atoms with van der Waals surface area (Å²) in [5.74, 6) is 0.685. The second-order valence-corrected chi connectivity index (χ2v) is 5.03.